The van der Waals surface area contributed by atoms with Crippen molar-refractivity contribution in [2.75, 3.05) is 7.11 Å². The summed E-state index contributed by atoms with van der Waals surface area (Å²) in [5, 5.41) is 0.506. The first kappa shape index (κ1) is 19.3. The highest BCUT2D eigenvalue weighted by Crippen LogP contribution is 2.21. The van der Waals surface area contributed by atoms with E-state index in [-0.39, 0.29) is 30.8 Å². The van der Waals surface area contributed by atoms with E-state index in [2.05, 4.69) is 9.97 Å². The number of aromatic nitrogens is 2. The molecule has 0 atom stereocenters. The van der Waals surface area contributed by atoms with Gasteiger partial charge >= 0.3 is 5.97 Å². The number of hydrogen-bond donors (Lipinski definition) is 1. The molecular formula is C21H20N2O5. The summed E-state index contributed by atoms with van der Waals surface area (Å²) >= 11 is 0. The average molecular weight is 380 g/mol. The lowest BCUT2D eigenvalue weighted by Crippen LogP contribution is -2.14. The van der Waals surface area contributed by atoms with Gasteiger partial charge in [0.1, 0.15) is 18.2 Å². The van der Waals surface area contributed by atoms with Gasteiger partial charge < -0.3 is 14.5 Å². The van der Waals surface area contributed by atoms with Gasteiger partial charge in [-0.05, 0) is 37.3 Å². The number of fused-ring (bicyclic) bond motifs is 1. The molecule has 0 aliphatic carbocycles. The van der Waals surface area contributed by atoms with Crippen LogP contribution in [0, 0.1) is 0 Å². The molecule has 144 valence electrons. The van der Waals surface area contributed by atoms with Gasteiger partial charge in [0.15, 0.2) is 5.78 Å². The van der Waals surface area contributed by atoms with Gasteiger partial charge in [0, 0.05) is 17.5 Å². The SMILES string of the molecule is COc1ccc(C(C)=O)cc1COC(=O)CCc1nc2ccccc2c(=O)[nH]1. The number of para-hydroxylation sites is 1. The quantitative estimate of drug-likeness (QED) is 0.500. The standard InChI is InChI=1S/C21H20N2O5/c1-13(24)14-7-8-18(27-2)15(11-14)12-28-20(25)10-9-19-22-17-6-4-3-5-16(17)21(26)23-19/h3-8,11H,9-10,12H2,1-2H3,(H,22,23,26). The first-order valence-corrected chi connectivity index (χ1v) is 8.79. The van der Waals surface area contributed by atoms with Crippen LogP contribution < -0.4 is 10.3 Å². The van der Waals surface area contributed by atoms with Crippen LogP contribution in [0.3, 0.4) is 0 Å². The summed E-state index contributed by atoms with van der Waals surface area (Å²) in [6.45, 7) is 1.46. The summed E-state index contributed by atoms with van der Waals surface area (Å²) in [6.07, 6.45) is 0.319. The Morgan fingerprint density at radius 1 is 1.14 bits per heavy atom. The normalized spacial score (nSPS) is 10.6. The van der Waals surface area contributed by atoms with Crippen molar-refractivity contribution in [2.24, 2.45) is 0 Å². The fourth-order valence-corrected chi connectivity index (χ4v) is 2.81. The molecule has 2 aromatic carbocycles. The van der Waals surface area contributed by atoms with Crippen LogP contribution in [0.5, 0.6) is 5.75 Å². The summed E-state index contributed by atoms with van der Waals surface area (Å²) in [6, 6.07) is 12.0. The topological polar surface area (TPSA) is 98.3 Å². The van der Waals surface area contributed by atoms with Crippen molar-refractivity contribution >= 4 is 22.7 Å². The van der Waals surface area contributed by atoms with E-state index in [1.807, 2.05) is 0 Å². The van der Waals surface area contributed by atoms with Crippen molar-refractivity contribution in [3.8, 4) is 5.75 Å². The largest absolute Gasteiger partial charge is 0.496 e. The number of aromatic amines is 1. The Bertz CT molecular complexity index is 1090. The van der Waals surface area contributed by atoms with E-state index in [0.29, 0.717) is 33.6 Å². The maximum atomic E-state index is 12.1. The lowest BCUT2D eigenvalue weighted by atomic mass is 10.1. The molecule has 0 aliphatic heterocycles. The van der Waals surface area contributed by atoms with Crippen molar-refractivity contribution in [3.63, 3.8) is 0 Å². The van der Waals surface area contributed by atoms with Gasteiger partial charge in [0.2, 0.25) is 0 Å². The minimum atomic E-state index is -0.439. The van der Waals surface area contributed by atoms with Gasteiger partial charge in [-0.25, -0.2) is 4.98 Å². The zero-order valence-electron chi connectivity index (χ0n) is 15.7. The predicted octanol–water partition coefficient (Wildman–Crippen LogP) is 2.81. The van der Waals surface area contributed by atoms with E-state index in [1.165, 1.54) is 14.0 Å². The van der Waals surface area contributed by atoms with E-state index < -0.39 is 5.97 Å². The predicted molar refractivity (Wildman–Crippen MR) is 103 cm³/mol. The zero-order chi connectivity index (χ0) is 20.1. The molecular weight excluding hydrogens is 360 g/mol. The first-order valence-electron chi connectivity index (χ1n) is 8.79. The van der Waals surface area contributed by atoms with Gasteiger partial charge in [-0.3, -0.25) is 14.4 Å². The molecule has 0 spiro atoms. The van der Waals surface area contributed by atoms with Gasteiger partial charge in [0.05, 0.1) is 24.4 Å². The number of ether oxygens (including phenoxy) is 2. The molecule has 1 aromatic heterocycles. The fraction of sp³-hybridized carbons (Fsp3) is 0.238. The highest BCUT2D eigenvalue weighted by molar-refractivity contribution is 5.94. The second-order valence-electron chi connectivity index (χ2n) is 6.27. The van der Waals surface area contributed by atoms with E-state index in [4.69, 9.17) is 9.47 Å². The third kappa shape index (κ3) is 4.43. The number of H-pyrrole nitrogens is 1. The zero-order valence-corrected chi connectivity index (χ0v) is 15.7. The van der Waals surface area contributed by atoms with Crippen LogP contribution >= 0.6 is 0 Å². The maximum Gasteiger partial charge on any atom is 0.306 e. The monoisotopic (exact) mass is 380 g/mol. The van der Waals surface area contributed by atoms with Gasteiger partial charge in [-0.1, -0.05) is 12.1 Å². The number of nitrogens with one attached hydrogen (secondary N) is 1. The minimum Gasteiger partial charge on any atom is -0.496 e. The second-order valence-corrected chi connectivity index (χ2v) is 6.27. The Kier molecular flexibility index (Phi) is 5.84. The Balaban J connectivity index is 1.63. The fourth-order valence-electron chi connectivity index (χ4n) is 2.81. The third-order valence-electron chi connectivity index (χ3n) is 4.30. The molecule has 0 radical (unpaired) electrons. The number of methoxy groups -OCH3 is 1. The number of Topliss-reactive ketones (excluding diaryl/α,β-unsaturated/α-hetero) is 1. The first-order chi connectivity index (χ1) is 13.5. The molecule has 0 amide bonds. The van der Waals surface area contributed by atoms with Crippen LogP contribution in [0.25, 0.3) is 10.9 Å². The average Bonchev–Trinajstić information content (AvgIpc) is 2.70. The van der Waals surface area contributed by atoms with E-state index in [0.717, 1.165) is 0 Å². The van der Waals surface area contributed by atoms with Gasteiger partial charge in [-0.15, -0.1) is 0 Å². The highest BCUT2D eigenvalue weighted by atomic mass is 16.5. The Labute approximate surface area is 161 Å². The highest BCUT2D eigenvalue weighted by Gasteiger charge is 2.11. The van der Waals surface area contributed by atoms with Crippen molar-refractivity contribution in [1.29, 1.82) is 0 Å². The number of aryl methyl sites for hydroxylation is 1. The van der Waals surface area contributed by atoms with Crippen LogP contribution in [0.4, 0.5) is 0 Å². The van der Waals surface area contributed by atoms with Crippen molar-refractivity contribution in [3.05, 3.63) is 69.8 Å². The van der Waals surface area contributed by atoms with Crippen molar-refractivity contribution in [1.82, 2.24) is 9.97 Å². The van der Waals surface area contributed by atoms with Crippen LogP contribution in [0.15, 0.2) is 47.3 Å². The Hall–Kier alpha value is -3.48. The maximum absolute atomic E-state index is 12.1. The van der Waals surface area contributed by atoms with Gasteiger partial charge in [-0.2, -0.15) is 0 Å². The molecule has 0 fully saturated rings. The molecule has 1 N–H and O–H groups in total. The second kappa shape index (κ2) is 8.47. The summed E-state index contributed by atoms with van der Waals surface area (Å²) in [4.78, 5) is 42.7. The summed E-state index contributed by atoms with van der Waals surface area (Å²) < 4.78 is 10.5. The Morgan fingerprint density at radius 2 is 1.93 bits per heavy atom. The number of ketones is 1. The number of rotatable bonds is 7. The Morgan fingerprint density at radius 3 is 2.68 bits per heavy atom. The molecule has 0 saturated heterocycles. The number of hydrogen-bond acceptors (Lipinski definition) is 6. The van der Waals surface area contributed by atoms with Crippen molar-refractivity contribution in [2.45, 2.75) is 26.4 Å². The molecule has 7 heteroatoms. The van der Waals surface area contributed by atoms with E-state index in [9.17, 15) is 14.4 Å². The summed E-state index contributed by atoms with van der Waals surface area (Å²) in [5.41, 5.74) is 1.48. The molecule has 0 aliphatic rings. The molecule has 7 nitrogen and oxygen atoms in total. The van der Waals surface area contributed by atoms with Crippen LogP contribution in [0.2, 0.25) is 0 Å². The van der Waals surface area contributed by atoms with E-state index >= 15 is 0 Å². The third-order valence-corrected chi connectivity index (χ3v) is 4.30. The lowest BCUT2D eigenvalue weighted by molar-refractivity contribution is -0.144. The summed E-state index contributed by atoms with van der Waals surface area (Å²) in [5.74, 6) is 0.447. The molecule has 0 saturated carbocycles. The minimum absolute atomic E-state index is 0.00913. The number of carbonyl (C=O) groups is 2. The molecule has 3 aromatic rings. The smallest absolute Gasteiger partial charge is 0.306 e. The number of benzene rings is 2. The molecule has 0 bridgehead atoms. The molecule has 0 unspecified atom stereocenters. The molecule has 1 heterocycles. The van der Waals surface area contributed by atoms with Crippen LogP contribution in [-0.2, 0) is 22.6 Å². The van der Waals surface area contributed by atoms with Crippen LogP contribution in [-0.4, -0.2) is 28.8 Å². The molecule has 28 heavy (non-hydrogen) atoms. The van der Waals surface area contributed by atoms with Crippen LogP contribution in [0.1, 0.15) is 35.1 Å². The number of esters is 1. The van der Waals surface area contributed by atoms with Crippen molar-refractivity contribution < 1.29 is 19.1 Å². The summed E-state index contributed by atoms with van der Waals surface area (Å²) in [7, 11) is 1.51. The number of nitrogens with zero attached hydrogens (tertiary/aromatic N) is 1. The van der Waals surface area contributed by atoms with Gasteiger partial charge in [0.25, 0.3) is 5.56 Å². The lowest BCUT2D eigenvalue weighted by Gasteiger charge is -2.10. The number of carbonyl (C=O) groups excluding carboxylic acids is 2. The van der Waals surface area contributed by atoms with E-state index in [1.54, 1.807) is 42.5 Å². The molecule has 3 rings (SSSR count).